The van der Waals surface area contributed by atoms with Crippen molar-refractivity contribution in [3.63, 3.8) is 0 Å². The van der Waals surface area contributed by atoms with Crippen LogP contribution < -0.4 is 4.90 Å². The fraction of sp³-hybridized carbons (Fsp3) is 0.130. The van der Waals surface area contributed by atoms with Gasteiger partial charge in [-0.25, -0.2) is 0 Å². The zero-order valence-electron chi connectivity index (χ0n) is 15.6. The molecule has 0 spiro atoms. The predicted molar refractivity (Wildman–Crippen MR) is 124 cm³/mol. The lowest BCUT2D eigenvalue weighted by Crippen LogP contribution is -2.41. The van der Waals surface area contributed by atoms with Gasteiger partial charge in [-0.1, -0.05) is 73.8 Å². The highest BCUT2D eigenvalue weighted by molar-refractivity contribution is 9.10. The summed E-state index contributed by atoms with van der Waals surface area (Å²) in [5, 5.41) is 12.0. The van der Waals surface area contributed by atoms with Crippen molar-refractivity contribution >= 4 is 60.8 Å². The summed E-state index contributed by atoms with van der Waals surface area (Å²) in [6, 6.07) is 19.4. The summed E-state index contributed by atoms with van der Waals surface area (Å²) in [7, 11) is 0. The SMILES string of the molecule is O=C(CC1(O)C(=O)N(Cc2ccccc2Cl)c2ccc(Br)cc21)c1cccc(Br)c1. The molecule has 0 bridgehead atoms. The normalized spacial score (nSPS) is 17.9. The van der Waals surface area contributed by atoms with Crippen LogP contribution in [-0.4, -0.2) is 16.8 Å². The topological polar surface area (TPSA) is 57.6 Å². The van der Waals surface area contributed by atoms with E-state index in [1.165, 1.54) is 4.90 Å². The number of nitrogens with zero attached hydrogens (tertiary/aromatic N) is 1. The largest absolute Gasteiger partial charge is 0.375 e. The quantitative estimate of drug-likeness (QED) is 0.405. The van der Waals surface area contributed by atoms with E-state index in [-0.39, 0.29) is 18.7 Å². The molecule has 0 fully saturated rings. The maximum Gasteiger partial charge on any atom is 0.264 e. The zero-order valence-corrected chi connectivity index (χ0v) is 19.5. The number of aliphatic hydroxyl groups is 1. The minimum Gasteiger partial charge on any atom is -0.375 e. The summed E-state index contributed by atoms with van der Waals surface area (Å²) in [6.07, 6.45) is -0.356. The Balaban J connectivity index is 1.73. The molecule has 0 aliphatic carbocycles. The predicted octanol–water partition coefficient (Wildman–Crippen LogP) is 5.87. The minimum absolute atomic E-state index is 0.195. The van der Waals surface area contributed by atoms with Gasteiger partial charge in [0.05, 0.1) is 18.7 Å². The first kappa shape index (κ1) is 21.2. The van der Waals surface area contributed by atoms with E-state index in [1.54, 1.807) is 42.5 Å². The maximum atomic E-state index is 13.4. The molecular formula is C23H16Br2ClNO3. The number of halogens is 3. The molecule has 0 saturated carbocycles. The van der Waals surface area contributed by atoms with E-state index in [4.69, 9.17) is 11.6 Å². The molecule has 0 aromatic heterocycles. The fourth-order valence-electron chi connectivity index (χ4n) is 3.64. The standard InChI is InChI=1S/C23H16Br2ClNO3/c24-16-6-3-5-14(10-16)21(28)12-23(30)18-11-17(25)8-9-20(18)27(22(23)29)13-15-4-1-2-7-19(15)26/h1-11,30H,12-13H2. The molecular weight excluding hydrogens is 534 g/mol. The van der Waals surface area contributed by atoms with Crippen molar-refractivity contribution in [1.29, 1.82) is 0 Å². The summed E-state index contributed by atoms with van der Waals surface area (Å²) in [4.78, 5) is 27.8. The third kappa shape index (κ3) is 3.85. The molecule has 0 radical (unpaired) electrons. The second-order valence-electron chi connectivity index (χ2n) is 7.11. The zero-order chi connectivity index (χ0) is 21.5. The van der Waals surface area contributed by atoms with Crippen molar-refractivity contribution in [3.05, 3.63) is 97.4 Å². The van der Waals surface area contributed by atoms with Crippen LogP contribution in [0.5, 0.6) is 0 Å². The van der Waals surface area contributed by atoms with Gasteiger partial charge >= 0.3 is 0 Å². The molecule has 1 aliphatic rings. The van der Waals surface area contributed by atoms with Crippen molar-refractivity contribution < 1.29 is 14.7 Å². The van der Waals surface area contributed by atoms with Gasteiger partial charge in [-0.15, -0.1) is 0 Å². The van der Waals surface area contributed by atoms with Crippen LogP contribution in [-0.2, 0) is 16.9 Å². The molecule has 1 aliphatic heterocycles. The van der Waals surface area contributed by atoms with Gasteiger partial charge in [0.1, 0.15) is 0 Å². The second-order valence-corrected chi connectivity index (χ2v) is 9.35. The van der Waals surface area contributed by atoms with Gasteiger partial charge < -0.3 is 10.0 Å². The van der Waals surface area contributed by atoms with Crippen LogP contribution in [0.4, 0.5) is 5.69 Å². The number of ketones is 1. The number of Topliss-reactive ketones (excluding diaryl/α,β-unsaturated/α-hetero) is 1. The number of carbonyl (C=O) groups excluding carboxylic acids is 2. The van der Waals surface area contributed by atoms with Crippen LogP contribution in [0.3, 0.4) is 0 Å². The van der Waals surface area contributed by atoms with Gasteiger partial charge in [0.2, 0.25) is 0 Å². The summed E-state index contributed by atoms with van der Waals surface area (Å²) in [5.41, 5.74) is 0.181. The van der Waals surface area contributed by atoms with E-state index in [0.717, 1.165) is 10.0 Å². The third-order valence-electron chi connectivity index (χ3n) is 5.14. The summed E-state index contributed by atoms with van der Waals surface area (Å²) >= 11 is 13.0. The van der Waals surface area contributed by atoms with Crippen LogP contribution in [0.1, 0.15) is 27.9 Å². The summed E-state index contributed by atoms with van der Waals surface area (Å²) in [5.74, 6) is -0.864. The van der Waals surface area contributed by atoms with E-state index in [9.17, 15) is 14.7 Å². The Morgan fingerprint density at radius 3 is 2.47 bits per heavy atom. The maximum absolute atomic E-state index is 13.4. The molecule has 4 rings (SSSR count). The Morgan fingerprint density at radius 2 is 1.73 bits per heavy atom. The first-order chi connectivity index (χ1) is 14.3. The highest BCUT2D eigenvalue weighted by Gasteiger charge is 2.51. The molecule has 1 N–H and O–H groups in total. The number of fused-ring (bicyclic) bond motifs is 1. The fourth-order valence-corrected chi connectivity index (χ4v) is 4.60. The van der Waals surface area contributed by atoms with Crippen LogP contribution in [0, 0.1) is 0 Å². The Labute approximate surface area is 195 Å². The highest BCUT2D eigenvalue weighted by Crippen LogP contribution is 2.45. The number of anilines is 1. The lowest BCUT2D eigenvalue weighted by atomic mass is 9.88. The van der Waals surface area contributed by atoms with E-state index < -0.39 is 11.5 Å². The highest BCUT2D eigenvalue weighted by atomic mass is 79.9. The second kappa shape index (κ2) is 8.27. The van der Waals surface area contributed by atoms with Crippen LogP contribution in [0.2, 0.25) is 5.02 Å². The Bertz CT molecular complexity index is 1170. The minimum atomic E-state index is -1.96. The summed E-state index contributed by atoms with van der Waals surface area (Å²) in [6.45, 7) is 0.195. The van der Waals surface area contributed by atoms with Gasteiger partial charge in [0.15, 0.2) is 11.4 Å². The number of hydrogen-bond donors (Lipinski definition) is 1. The lowest BCUT2D eigenvalue weighted by molar-refractivity contribution is -0.136. The number of benzene rings is 3. The Hall–Kier alpha value is -1.99. The van der Waals surface area contributed by atoms with Crippen LogP contribution >= 0.6 is 43.5 Å². The van der Waals surface area contributed by atoms with Gasteiger partial charge in [-0.3, -0.25) is 9.59 Å². The van der Waals surface area contributed by atoms with Crippen molar-refractivity contribution in [2.45, 2.75) is 18.6 Å². The van der Waals surface area contributed by atoms with Crippen molar-refractivity contribution in [3.8, 4) is 0 Å². The number of amides is 1. The van der Waals surface area contributed by atoms with Gasteiger partial charge in [0, 0.05) is 25.1 Å². The Morgan fingerprint density at radius 1 is 1.00 bits per heavy atom. The molecule has 3 aromatic carbocycles. The average Bonchev–Trinajstić information content (AvgIpc) is 2.91. The molecule has 1 heterocycles. The molecule has 1 amide bonds. The van der Waals surface area contributed by atoms with Crippen molar-refractivity contribution in [1.82, 2.24) is 0 Å². The average molecular weight is 550 g/mol. The summed E-state index contributed by atoms with van der Waals surface area (Å²) < 4.78 is 1.46. The van der Waals surface area contributed by atoms with E-state index >= 15 is 0 Å². The molecule has 1 atom stereocenters. The number of carbonyl (C=O) groups is 2. The Kier molecular flexibility index (Phi) is 5.86. The van der Waals surface area contributed by atoms with Gasteiger partial charge in [-0.05, 0) is 42.0 Å². The first-order valence-electron chi connectivity index (χ1n) is 9.16. The molecule has 0 saturated heterocycles. The smallest absolute Gasteiger partial charge is 0.264 e. The van der Waals surface area contributed by atoms with E-state index in [0.29, 0.717) is 26.3 Å². The van der Waals surface area contributed by atoms with Crippen molar-refractivity contribution in [2.24, 2.45) is 0 Å². The van der Waals surface area contributed by atoms with Gasteiger partial charge in [-0.2, -0.15) is 0 Å². The molecule has 7 heteroatoms. The van der Waals surface area contributed by atoms with Crippen LogP contribution in [0.15, 0.2) is 75.7 Å². The first-order valence-corrected chi connectivity index (χ1v) is 11.1. The monoisotopic (exact) mass is 547 g/mol. The number of rotatable bonds is 5. The lowest BCUT2D eigenvalue weighted by Gasteiger charge is -2.23. The van der Waals surface area contributed by atoms with Gasteiger partial charge in [0.25, 0.3) is 5.91 Å². The molecule has 152 valence electrons. The van der Waals surface area contributed by atoms with E-state index in [1.807, 2.05) is 24.3 Å². The number of hydrogen-bond acceptors (Lipinski definition) is 3. The third-order valence-corrected chi connectivity index (χ3v) is 6.50. The molecule has 4 nitrogen and oxygen atoms in total. The molecule has 30 heavy (non-hydrogen) atoms. The van der Waals surface area contributed by atoms with Crippen molar-refractivity contribution in [2.75, 3.05) is 4.90 Å². The van der Waals surface area contributed by atoms with E-state index in [2.05, 4.69) is 31.9 Å². The molecule has 3 aromatic rings. The van der Waals surface area contributed by atoms with Crippen LogP contribution in [0.25, 0.3) is 0 Å². The molecule has 1 unspecified atom stereocenters.